The van der Waals surface area contributed by atoms with Gasteiger partial charge in [-0.05, 0) is 24.3 Å². The fourth-order valence-electron chi connectivity index (χ4n) is 1.88. The van der Waals surface area contributed by atoms with Crippen LogP contribution in [0.25, 0.3) is 0 Å². The van der Waals surface area contributed by atoms with E-state index in [-0.39, 0.29) is 4.90 Å². The molecule has 5 nitrogen and oxygen atoms in total. The average Bonchev–Trinajstić information content (AvgIpc) is 2.58. The van der Waals surface area contributed by atoms with E-state index in [4.69, 9.17) is 0 Å². The SMILES string of the molecule is CS(=O)(=O)c1ccc(N2CC(O)C(O)C2)cc1. The van der Waals surface area contributed by atoms with E-state index in [0.29, 0.717) is 13.1 Å². The number of hydrogen-bond acceptors (Lipinski definition) is 5. The minimum Gasteiger partial charge on any atom is -0.389 e. The summed E-state index contributed by atoms with van der Waals surface area (Å²) in [7, 11) is -3.18. The predicted molar refractivity (Wildman–Crippen MR) is 63.8 cm³/mol. The van der Waals surface area contributed by atoms with E-state index in [1.165, 1.54) is 12.1 Å². The molecule has 1 aromatic carbocycles. The summed E-state index contributed by atoms with van der Waals surface area (Å²) in [5.41, 5.74) is 0.799. The van der Waals surface area contributed by atoms with E-state index in [0.717, 1.165) is 11.9 Å². The van der Waals surface area contributed by atoms with Crippen LogP contribution in [-0.4, -0.2) is 50.2 Å². The number of anilines is 1. The fraction of sp³-hybridized carbons (Fsp3) is 0.455. The van der Waals surface area contributed by atoms with E-state index in [1.807, 2.05) is 4.90 Å². The molecule has 0 aliphatic carbocycles. The number of benzene rings is 1. The van der Waals surface area contributed by atoms with Crippen molar-refractivity contribution in [2.24, 2.45) is 0 Å². The van der Waals surface area contributed by atoms with Crippen LogP contribution in [-0.2, 0) is 9.84 Å². The lowest BCUT2D eigenvalue weighted by atomic mass is 10.3. The number of nitrogens with zero attached hydrogens (tertiary/aromatic N) is 1. The second-order valence-corrected chi connectivity index (χ2v) is 6.32. The molecule has 17 heavy (non-hydrogen) atoms. The van der Waals surface area contributed by atoms with Crippen molar-refractivity contribution in [2.45, 2.75) is 17.1 Å². The molecule has 0 spiro atoms. The van der Waals surface area contributed by atoms with Crippen LogP contribution >= 0.6 is 0 Å². The van der Waals surface area contributed by atoms with Crippen LogP contribution in [0.5, 0.6) is 0 Å². The molecule has 2 N–H and O–H groups in total. The number of β-amino-alcohol motifs (C(OH)–C–C–N with tert-alkyl or cyclic N) is 2. The van der Waals surface area contributed by atoms with Gasteiger partial charge in [-0.15, -0.1) is 0 Å². The molecule has 2 atom stereocenters. The number of aliphatic hydroxyl groups excluding tert-OH is 2. The highest BCUT2D eigenvalue weighted by Gasteiger charge is 2.29. The molecule has 1 aliphatic rings. The highest BCUT2D eigenvalue weighted by molar-refractivity contribution is 7.90. The van der Waals surface area contributed by atoms with Gasteiger partial charge in [0, 0.05) is 25.0 Å². The molecule has 2 rings (SSSR count). The van der Waals surface area contributed by atoms with E-state index < -0.39 is 22.0 Å². The van der Waals surface area contributed by atoms with Gasteiger partial charge in [0.15, 0.2) is 9.84 Å². The second kappa shape index (κ2) is 4.29. The summed E-state index contributed by atoms with van der Waals surface area (Å²) in [6.45, 7) is 0.721. The molecular formula is C11H15NO4S. The lowest BCUT2D eigenvalue weighted by Crippen LogP contribution is -2.22. The topological polar surface area (TPSA) is 77.8 Å². The zero-order valence-electron chi connectivity index (χ0n) is 9.44. The van der Waals surface area contributed by atoms with Crippen molar-refractivity contribution >= 4 is 15.5 Å². The first-order valence-corrected chi connectivity index (χ1v) is 7.18. The quantitative estimate of drug-likeness (QED) is 0.756. The highest BCUT2D eigenvalue weighted by atomic mass is 32.2. The minimum atomic E-state index is -3.18. The Bertz CT molecular complexity index is 487. The largest absolute Gasteiger partial charge is 0.389 e. The van der Waals surface area contributed by atoms with Crippen LogP contribution in [0.1, 0.15) is 0 Å². The van der Waals surface area contributed by atoms with E-state index in [9.17, 15) is 18.6 Å². The molecule has 1 fully saturated rings. The Morgan fingerprint density at radius 1 is 1.12 bits per heavy atom. The fourth-order valence-corrected chi connectivity index (χ4v) is 2.51. The molecule has 0 saturated carbocycles. The number of sulfone groups is 1. The Kier molecular flexibility index (Phi) is 3.11. The smallest absolute Gasteiger partial charge is 0.175 e. The van der Waals surface area contributed by atoms with Crippen LogP contribution in [0.4, 0.5) is 5.69 Å². The maximum Gasteiger partial charge on any atom is 0.175 e. The van der Waals surface area contributed by atoms with Crippen molar-refractivity contribution in [1.82, 2.24) is 0 Å². The standard InChI is InChI=1S/C11H15NO4S/c1-17(15,16)9-4-2-8(3-5-9)12-6-10(13)11(14)7-12/h2-5,10-11,13-14H,6-7H2,1H3. The molecule has 1 saturated heterocycles. The normalized spacial score (nSPS) is 25.2. The van der Waals surface area contributed by atoms with Gasteiger partial charge < -0.3 is 15.1 Å². The van der Waals surface area contributed by atoms with Crippen LogP contribution in [0.3, 0.4) is 0 Å². The van der Waals surface area contributed by atoms with Gasteiger partial charge in [0.2, 0.25) is 0 Å². The zero-order valence-corrected chi connectivity index (χ0v) is 10.3. The number of rotatable bonds is 2. The first-order valence-electron chi connectivity index (χ1n) is 5.29. The zero-order chi connectivity index (χ0) is 12.6. The molecule has 2 unspecified atom stereocenters. The Morgan fingerprint density at radius 2 is 1.59 bits per heavy atom. The maximum atomic E-state index is 11.3. The molecule has 0 bridgehead atoms. The predicted octanol–water partition coefficient (Wildman–Crippen LogP) is -0.368. The third-order valence-corrected chi connectivity index (χ3v) is 4.02. The Labute approximate surface area is 100 Å². The summed E-state index contributed by atoms with van der Waals surface area (Å²) in [5.74, 6) is 0. The third kappa shape index (κ3) is 2.59. The van der Waals surface area contributed by atoms with Gasteiger partial charge >= 0.3 is 0 Å². The number of hydrogen-bond donors (Lipinski definition) is 2. The van der Waals surface area contributed by atoms with Crippen molar-refractivity contribution in [3.05, 3.63) is 24.3 Å². The molecule has 94 valence electrons. The summed E-state index contributed by atoms with van der Waals surface area (Å²) in [4.78, 5) is 2.09. The van der Waals surface area contributed by atoms with Gasteiger partial charge in [-0.3, -0.25) is 0 Å². The average molecular weight is 257 g/mol. The van der Waals surface area contributed by atoms with Gasteiger partial charge in [0.05, 0.1) is 17.1 Å². The van der Waals surface area contributed by atoms with Crippen LogP contribution in [0, 0.1) is 0 Å². The Hall–Kier alpha value is -1.11. The van der Waals surface area contributed by atoms with Gasteiger partial charge in [-0.1, -0.05) is 0 Å². The molecule has 1 aromatic rings. The molecule has 6 heteroatoms. The summed E-state index contributed by atoms with van der Waals surface area (Å²) in [6.07, 6.45) is -0.333. The van der Waals surface area contributed by atoms with Gasteiger partial charge in [0.25, 0.3) is 0 Å². The van der Waals surface area contributed by atoms with Crippen molar-refractivity contribution in [1.29, 1.82) is 0 Å². The van der Waals surface area contributed by atoms with E-state index in [2.05, 4.69) is 0 Å². The molecule has 1 aliphatic heterocycles. The monoisotopic (exact) mass is 257 g/mol. The van der Waals surface area contributed by atoms with Gasteiger partial charge in [0.1, 0.15) is 0 Å². The summed E-state index contributed by atoms with van der Waals surface area (Å²) in [5, 5.41) is 18.9. The van der Waals surface area contributed by atoms with Crippen molar-refractivity contribution in [3.8, 4) is 0 Å². The number of aliphatic hydroxyl groups is 2. The minimum absolute atomic E-state index is 0.265. The van der Waals surface area contributed by atoms with Crippen LogP contribution < -0.4 is 4.90 Å². The van der Waals surface area contributed by atoms with Crippen molar-refractivity contribution < 1.29 is 18.6 Å². The molecule has 0 amide bonds. The second-order valence-electron chi connectivity index (χ2n) is 4.31. The third-order valence-electron chi connectivity index (χ3n) is 2.89. The lowest BCUT2D eigenvalue weighted by molar-refractivity contribution is 0.0572. The van der Waals surface area contributed by atoms with Crippen LogP contribution in [0.2, 0.25) is 0 Å². The maximum absolute atomic E-state index is 11.3. The first-order chi connectivity index (χ1) is 7.88. The summed E-state index contributed by atoms with van der Waals surface area (Å²) >= 11 is 0. The van der Waals surface area contributed by atoms with E-state index >= 15 is 0 Å². The highest BCUT2D eigenvalue weighted by Crippen LogP contribution is 2.22. The lowest BCUT2D eigenvalue weighted by Gasteiger charge is -2.17. The summed E-state index contributed by atoms with van der Waals surface area (Å²) < 4.78 is 22.6. The Morgan fingerprint density at radius 3 is 2.00 bits per heavy atom. The van der Waals surface area contributed by atoms with Crippen molar-refractivity contribution in [3.63, 3.8) is 0 Å². The van der Waals surface area contributed by atoms with Crippen molar-refractivity contribution in [2.75, 3.05) is 24.2 Å². The first kappa shape index (κ1) is 12.3. The van der Waals surface area contributed by atoms with Gasteiger partial charge in [-0.2, -0.15) is 0 Å². The van der Waals surface area contributed by atoms with Crippen LogP contribution in [0.15, 0.2) is 29.2 Å². The van der Waals surface area contributed by atoms with Gasteiger partial charge in [-0.25, -0.2) is 8.42 Å². The molecule has 0 aromatic heterocycles. The van der Waals surface area contributed by atoms with E-state index in [1.54, 1.807) is 12.1 Å². The summed E-state index contributed by atoms with van der Waals surface area (Å²) in [6, 6.07) is 6.42. The molecule has 1 heterocycles. The molecule has 0 radical (unpaired) electrons. The Balaban J connectivity index is 2.20. The molecular weight excluding hydrogens is 242 g/mol.